The number of nitrogens with zero attached hydrogens (tertiary/aromatic N) is 1. The largest absolute Gasteiger partial charge is 0.398 e. The molecular weight excluding hydrogens is 252 g/mol. The lowest BCUT2D eigenvalue weighted by Gasteiger charge is -2.47. The first-order valence-corrected chi connectivity index (χ1v) is 6.96. The number of nitrogen functional groups attached to an aromatic ring is 1. The monoisotopic (exact) mass is 276 g/mol. The number of ether oxygens (including phenoxy) is 1. The van der Waals surface area contributed by atoms with Gasteiger partial charge in [0.25, 0.3) is 5.91 Å². The Balaban J connectivity index is 2.31. The van der Waals surface area contributed by atoms with Crippen LogP contribution in [-0.4, -0.2) is 35.1 Å². The third kappa shape index (κ3) is 2.96. The molecule has 0 saturated carbocycles. The molecule has 0 radical (unpaired) electrons. The zero-order valence-corrected chi connectivity index (χ0v) is 13.0. The van der Waals surface area contributed by atoms with Gasteiger partial charge in [0.05, 0.1) is 16.8 Å². The molecule has 0 bridgehead atoms. The van der Waals surface area contributed by atoms with E-state index in [0.717, 1.165) is 5.56 Å². The molecule has 4 nitrogen and oxygen atoms in total. The van der Waals surface area contributed by atoms with Gasteiger partial charge in [0.1, 0.15) is 0 Å². The van der Waals surface area contributed by atoms with Gasteiger partial charge in [-0.15, -0.1) is 0 Å². The molecule has 0 unspecified atom stereocenters. The number of morpholine rings is 1. The lowest BCUT2D eigenvalue weighted by Crippen LogP contribution is -2.58. The minimum atomic E-state index is -0.351. The predicted octanol–water partition coefficient (Wildman–Crippen LogP) is 2.61. The van der Waals surface area contributed by atoms with E-state index in [4.69, 9.17) is 10.5 Å². The molecule has 0 aliphatic carbocycles. The van der Waals surface area contributed by atoms with E-state index < -0.39 is 0 Å². The minimum absolute atomic E-state index is 0.0179. The summed E-state index contributed by atoms with van der Waals surface area (Å²) >= 11 is 0. The van der Waals surface area contributed by atoms with Gasteiger partial charge in [-0.2, -0.15) is 0 Å². The second-order valence-corrected chi connectivity index (χ2v) is 6.82. The zero-order valence-electron chi connectivity index (χ0n) is 13.0. The molecule has 1 amide bonds. The van der Waals surface area contributed by atoms with Crippen LogP contribution in [0.3, 0.4) is 0 Å². The summed E-state index contributed by atoms with van der Waals surface area (Å²) in [7, 11) is 0. The Hall–Kier alpha value is -1.55. The zero-order chi connectivity index (χ0) is 15.1. The number of para-hydroxylation sites is 1. The lowest BCUT2D eigenvalue weighted by molar-refractivity contribution is -0.171. The van der Waals surface area contributed by atoms with Crippen LogP contribution in [0.2, 0.25) is 0 Å². The molecule has 2 rings (SSSR count). The average molecular weight is 276 g/mol. The maximum Gasteiger partial charge on any atom is 0.256 e. The number of hydrogen-bond acceptors (Lipinski definition) is 3. The molecule has 1 fully saturated rings. The van der Waals surface area contributed by atoms with Crippen molar-refractivity contribution >= 4 is 11.6 Å². The maximum absolute atomic E-state index is 12.7. The highest BCUT2D eigenvalue weighted by molar-refractivity contribution is 5.99. The van der Waals surface area contributed by atoms with Crippen molar-refractivity contribution in [3.63, 3.8) is 0 Å². The van der Waals surface area contributed by atoms with Gasteiger partial charge in [-0.05, 0) is 46.2 Å². The minimum Gasteiger partial charge on any atom is -0.398 e. The number of carbonyl (C=O) groups excluding carboxylic acids is 1. The summed E-state index contributed by atoms with van der Waals surface area (Å²) in [6.07, 6.45) is 0. The molecule has 0 atom stereocenters. The highest BCUT2D eigenvalue weighted by Crippen LogP contribution is 2.30. The van der Waals surface area contributed by atoms with Gasteiger partial charge >= 0.3 is 0 Å². The summed E-state index contributed by atoms with van der Waals surface area (Å²) in [6.45, 7) is 11.1. The first-order valence-electron chi connectivity index (χ1n) is 6.96. The number of anilines is 1. The second kappa shape index (κ2) is 4.77. The Bertz CT molecular complexity index is 519. The molecule has 1 aliphatic rings. The Morgan fingerprint density at radius 1 is 1.20 bits per heavy atom. The Kier molecular flexibility index (Phi) is 3.54. The predicted molar refractivity (Wildman–Crippen MR) is 80.7 cm³/mol. The molecule has 1 aromatic rings. The molecule has 0 aromatic heterocycles. The van der Waals surface area contributed by atoms with Crippen LogP contribution in [0.1, 0.15) is 43.6 Å². The van der Waals surface area contributed by atoms with E-state index >= 15 is 0 Å². The van der Waals surface area contributed by atoms with E-state index in [0.29, 0.717) is 24.3 Å². The molecule has 1 saturated heterocycles. The van der Waals surface area contributed by atoms with Gasteiger partial charge in [-0.3, -0.25) is 4.79 Å². The molecule has 20 heavy (non-hydrogen) atoms. The molecule has 2 N–H and O–H groups in total. The van der Waals surface area contributed by atoms with E-state index in [1.807, 2.05) is 51.7 Å². The highest BCUT2D eigenvalue weighted by Gasteiger charge is 2.40. The molecule has 110 valence electrons. The van der Waals surface area contributed by atoms with Crippen molar-refractivity contribution in [2.45, 2.75) is 45.8 Å². The smallest absolute Gasteiger partial charge is 0.256 e. The quantitative estimate of drug-likeness (QED) is 0.802. The van der Waals surface area contributed by atoms with E-state index in [2.05, 4.69) is 0 Å². The van der Waals surface area contributed by atoms with Crippen LogP contribution in [0, 0.1) is 6.92 Å². The fraction of sp³-hybridized carbons (Fsp3) is 0.562. The van der Waals surface area contributed by atoms with Crippen molar-refractivity contribution < 1.29 is 9.53 Å². The first-order chi connectivity index (χ1) is 9.11. The van der Waals surface area contributed by atoms with Gasteiger partial charge in [0.15, 0.2) is 0 Å². The summed E-state index contributed by atoms with van der Waals surface area (Å²) in [6, 6.07) is 5.58. The van der Waals surface area contributed by atoms with Crippen LogP contribution in [0.15, 0.2) is 18.2 Å². The van der Waals surface area contributed by atoms with Crippen molar-refractivity contribution in [2.24, 2.45) is 0 Å². The van der Waals surface area contributed by atoms with Gasteiger partial charge in [0.2, 0.25) is 0 Å². The number of hydrogen-bond donors (Lipinski definition) is 1. The molecule has 1 heterocycles. The van der Waals surface area contributed by atoms with Crippen molar-refractivity contribution in [1.29, 1.82) is 0 Å². The highest BCUT2D eigenvalue weighted by atomic mass is 16.5. The summed E-state index contributed by atoms with van der Waals surface area (Å²) in [5.74, 6) is -0.0179. The van der Waals surface area contributed by atoms with Gasteiger partial charge < -0.3 is 15.4 Å². The molecule has 1 aromatic carbocycles. The van der Waals surface area contributed by atoms with Gasteiger partial charge in [-0.1, -0.05) is 12.1 Å². The Morgan fingerprint density at radius 2 is 1.75 bits per heavy atom. The third-order valence-electron chi connectivity index (χ3n) is 3.54. The standard InChI is InChI=1S/C16H24N2O2/c1-11-7-6-8-12(13(11)17)14(19)18-9-15(2,3)20-16(4,5)10-18/h6-8H,9-10,17H2,1-5H3. The number of aryl methyl sites for hydroxylation is 1. The van der Waals surface area contributed by atoms with Crippen molar-refractivity contribution in [1.82, 2.24) is 4.90 Å². The fourth-order valence-corrected chi connectivity index (χ4v) is 2.97. The van der Waals surface area contributed by atoms with E-state index in [1.54, 1.807) is 6.07 Å². The van der Waals surface area contributed by atoms with Gasteiger partial charge in [0, 0.05) is 18.8 Å². The third-order valence-corrected chi connectivity index (χ3v) is 3.54. The number of amides is 1. The number of rotatable bonds is 1. The average Bonchev–Trinajstić information content (AvgIpc) is 2.28. The second-order valence-electron chi connectivity index (χ2n) is 6.82. The van der Waals surface area contributed by atoms with Crippen LogP contribution < -0.4 is 5.73 Å². The van der Waals surface area contributed by atoms with Crippen LogP contribution in [-0.2, 0) is 4.74 Å². The van der Waals surface area contributed by atoms with E-state index in [1.165, 1.54) is 0 Å². The van der Waals surface area contributed by atoms with Gasteiger partial charge in [-0.25, -0.2) is 0 Å². The molecule has 1 aliphatic heterocycles. The summed E-state index contributed by atoms with van der Waals surface area (Å²) in [5, 5.41) is 0. The lowest BCUT2D eigenvalue weighted by atomic mass is 9.97. The summed E-state index contributed by atoms with van der Waals surface area (Å²) in [5.41, 5.74) is 7.43. The van der Waals surface area contributed by atoms with Crippen LogP contribution in [0.5, 0.6) is 0 Å². The van der Waals surface area contributed by atoms with Crippen LogP contribution in [0.4, 0.5) is 5.69 Å². The topological polar surface area (TPSA) is 55.6 Å². The summed E-state index contributed by atoms with van der Waals surface area (Å²) in [4.78, 5) is 14.6. The summed E-state index contributed by atoms with van der Waals surface area (Å²) < 4.78 is 6.01. The Morgan fingerprint density at radius 3 is 2.30 bits per heavy atom. The van der Waals surface area contributed by atoms with Crippen LogP contribution >= 0.6 is 0 Å². The fourth-order valence-electron chi connectivity index (χ4n) is 2.97. The van der Waals surface area contributed by atoms with Crippen LogP contribution in [0.25, 0.3) is 0 Å². The molecule has 4 heteroatoms. The number of benzene rings is 1. The first kappa shape index (κ1) is 14.9. The van der Waals surface area contributed by atoms with E-state index in [9.17, 15) is 4.79 Å². The molecule has 0 spiro atoms. The van der Waals surface area contributed by atoms with Crippen molar-refractivity contribution in [3.8, 4) is 0 Å². The number of carbonyl (C=O) groups is 1. The molecular formula is C16H24N2O2. The van der Waals surface area contributed by atoms with Crippen molar-refractivity contribution in [2.75, 3.05) is 18.8 Å². The van der Waals surface area contributed by atoms with Crippen molar-refractivity contribution in [3.05, 3.63) is 29.3 Å². The normalized spacial score (nSPS) is 20.8. The Labute approximate surface area is 120 Å². The van der Waals surface area contributed by atoms with E-state index in [-0.39, 0.29) is 17.1 Å². The SMILES string of the molecule is Cc1cccc(C(=O)N2CC(C)(C)OC(C)(C)C2)c1N. The maximum atomic E-state index is 12.7. The number of nitrogens with two attached hydrogens (primary N) is 1.